The monoisotopic (exact) mass is 183 g/mol. The molecule has 0 saturated carbocycles. The molecule has 0 aliphatic heterocycles. The average molecular weight is 183 g/mol. The Bertz CT molecular complexity index is 93.1. The SMILES string of the molecule is C[N+](C)(C)CC(O)CCN.O.O. The third-order valence-corrected chi connectivity index (χ3v) is 1.26. The number of quaternary nitrogens is 1. The second-order valence-electron chi connectivity index (χ2n) is 3.70. The van der Waals surface area contributed by atoms with Gasteiger partial charge in [0.1, 0.15) is 12.6 Å². The lowest BCUT2D eigenvalue weighted by Gasteiger charge is -2.26. The van der Waals surface area contributed by atoms with Crippen LogP contribution in [0, 0.1) is 0 Å². The Morgan fingerprint density at radius 2 is 1.67 bits per heavy atom. The molecule has 0 aliphatic rings. The van der Waals surface area contributed by atoms with Crippen LogP contribution in [0.4, 0.5) is 0 Å². The van der Waals surface area contributed by atoms with Gasteiger partial charge in [0, 0.05) is 0 Å². The van der Waals surface area contributed by atoms with Crippen molar-refractivity contribution in [1.29, 1.82) is 0 Å². The molecule has 0 aromatic heterocycles. The Balaban J connectivity index is -0.000000405. The minimum atomic E-state index is -0.245. The van der Waals surface area contributed by atoms with E-state index in [0.29, 0.717) is 13.0 Å². The lowest BCUT2D eigenvalue weighted by molar-refractivity contribution is -0.873. The zero-order chi connectivity index (χ0) is 8.20. The molecular formula is C7H23N2O3+. The van der Waals surface area contributed by atoms with Crippen LogP contribution in [0.2, 0.25) is 0 Å². The number of hydrogen-bond acceptors (Lipinski definition) is 2. The highest BCUT2D eigenvalue weighted by Crippen LogP contribution is 1.97. The van der Waals surface area contributed by atoms with Gasteiger partial charge < -0.3 is 26.3 Å². The molecule has 1 unspecified atom stereocenters. The van der Waals surface area contributed by atoms with Gasteiger partial charge in [-0.2, -0.15) is 0 Å². The minimum absolute atomic E-state index is 0. The van der Waals surface area contributed by atoms with Crippen molar-refractivity contribution in [3.8, 4) is 0 Å². The van der Waals surface area contributed by atoms with E-state index in [0.717, 1.165) is 11.0 Å². The average Bonchev–Trinajstić information content (AvgIpc) is 1.59. The van der Waals surface area contributed by atoms with Gasteiger partial charge in [0.05, 0.1) is 21.1 Å². The van der Waals surface area contributed by atoms with Gasteiger partial charge in [0.25, 0.3) is 0 Å². The molecule has 0 heterocycles. The van der Waals surface area contributed by atoms with Crippen LogP contribution in [0.25, 0.3) is 0 Å². The van der Waals surface area contributed by atoms with E-state index in [4.69, 9.17) is 5.73 Å². The highest BCUT2D eigenvalue weighted by molar-refractivity contribution is 4.52. The first kappa shape index (κ1) is 17.8. The van der Waals surface area contributed by atoms with Gasteiger partial charge in [-0.05, 0) is 13.0 Å². The minimum Gasteiger partial charge on any atom is -0.412 e. The molecule has 78 valence electrons. The van der Waals surface area contributed by atoms with Gasteiger partial charge in [0.15, 0.2) is 0 Å². The standard InChI is InChI=1S/C7H19N2O.2H2O/c1-9(2,3)6-7(10)4-5-8;;/h7,10H,4-6,8H2,1-3H3;2*1H2/q+1;;. The fourth-order valence-corrected chi connectivity index (χ4v) is 0.916. The molecule has 0 saturated heterocycles. The van der Waals surface area contributed by atoms with Gasteiger partial charge in [-0.1, -0.05) is 0 Å². The highest BCUT2D eigenvalue weighted by atomic mass is 16.3. The van der Waals surface area contributed by atoms with E-state index >= 15 is 0 Å². The fourth-order valence-electron chi connectivity index (χ4n) is 0.916. The molecule has 0 rings (SSSR count). The van der Waals surface area contributed by atoms with Crippen LogP contribution < -0.4 is 5.73 Å². The van der Waals surface area contributed by atoms with Crippen LogP contribution in [0.15, 0.2) is 0 Å². The summed E-state index contributed by atoms with van der Waals surface area (Å²) in [5.41, 5.74) is 5.28. The number of nitrogens with two attached hydrogens (primary N) is 1. The highest BCUT2D eigenvalue weighted by Gasteiger charge is 2.13. The molecule has 0 fully saturated rings. The van der Waals surface area contributed by atoms with Crippen molar-refractivity contribution in [3.05, 3.63) is 0 Å². The Hall–Kier alpha value is -0.200. The van der Waals surface area contributed by atoms with Gasteiger partial charge in [-0.3, -0.25) is 0 Å². The second-order valence-corrected chi connectivity index (χ2v) is 3.70. The first-order valence-electron chi connectivity index (χ1n) is 3.64. The number of hydrogen-bond donors (Lipinski definition) is 2. The van der Waals surface area contributed by atoms with Gasteiger partial charge >= 0.3 is 0 Å². The molecule has 0 aromatic carbocycles. The smallest absolute Gasteiger partial charge is 0.104 e. The number of aliphatic hydroxyl groups excluding tert-OH is 1. The molecule has 0 amide bonds. The van der Waals surface area contributed by atoms with E-state index in [1.165, 1.54) is 0 Å². The third-order valence-electron chi connectivity index (χ3n) is 1.26. The zero-order valence-corrected chi connectivity index (χ0v) is 8.17. The van der Waals surface area contributed by atoms with Crippen molar-refractivity contribution in [2.75, 3.05) is 34.2 Å². The maximum Gasteiger partial charge on any atom is 0.104 e. The quantitative estimate of drug-likeness (QED) is 0.480. The first-order chi connectivity index (χ1) is 4.45. The zero-order valence-electron chi connectivity index (χ0n) is 8.17. The number of likely N-dealkylation sites (N-methyl/N-ethyl adjacent to an activating group) is 1. The molecule has 5 heteroatoms. The van der Waals surface area contributed by atoms with E-state index < -0.39 is 0 Å². The van der Waals surface area contributed by atoms with Crippen molar-refractivity contribution >= 4 is 0 Å². The van der Waals surface area contributed by atoms with Crippen molar-refractivity contribution < 1.29 is 20.5 Å². The largest absolute Gasteiger partial charge is 0.412 e. The summed E-state index contributed by atoms with van der Waals surface area (Å²) in [5.74, 6) is 0. The van der Waals surface area contributed by atoms with Crippen LogP contribution >= 0.6 is 0 Å². The molecule has 0 bridgehead atoms. The van der Waals surface area contributed by atoms with Gasteiger partial charge in [0.2, 0.25) is 0 Å². The molecule has 0 spiro atoms. The van der Waals surface area contributed by atoms with Crippen LogP contribution in [0.1, 0.15) is 6.42 Å². The summed E-state index contributed by atoms with van der Waals surface area (Å²) in [5, 5.41) is 9.29. The number of aliphatic hydroxyl groups is 1. The van der Waals surface area contributed by atoms with Crippen LogP contribution in [0.5, 0.6) is 0 Å². The van der Waals surface area contributed by atoms with E-state index in [1.54, 1.807) is 0 Å². The van der Waals surface area contributed by atoms with Crippen LogP contribution in [-0.4, -0.2) is 60.9 Å². The Kier molecular flexibility index (Phi) is 11.0. The van der Waals surface area contributed by atoms with E-state index in [-0.39, 0.29) is 17.1 Å². The fraction of sp³-hybridized carbons (Fsp3) is 1.00. The summed E-state index contributed by atoms with van der Waals surface area (Å²) in [4.78, 5) is 0. The number of nitrogens with zero attached hydrogens (tertiary/aromatic N) is 1. The van der Waals surface area contributed by atoms with Crippen LogP contribution in [0.3, 0.4) is 0 Å². The maximum atomic E-state index is 9.29. The lowest BCUT2D eigenvalue weighted by Crippen LogP contribution is -2.41. The first-order valence-corrected chi connectivity index (χ1v) is 3.64. The van der Waals surface area contributed by atoms with E-state index in [2.05, 4.69) is 21.1 Å². The molecule has 7 N–H and O–H groups in total. The van der Waals surface area contributed by atoms with Crippen molar-refractivity contribution in [2.24, 2.45) is 5.73 Å². The van der Waals surface area contributed by atoms with Gasteiger partial charge in [-0.15, -0.1) is 0 Å². The molecule has 12 heavy (non-hydrogen) atoms. The molecule has 0 radical (unpaired) electrons. The molecule has 5 nitrogen and oxygen atoms in total. The lowest BCUT2D eigenvalue weighted by atomic mass is 10.2. The summed E-state index contributed by atoms with van der Waals surface area (Å²) < 4.78 is 0.793. The topological polar surface area (TPSA) is 109 Å². The summed E-state index contributed by atoms with van der Waals surface area (Å²) in [6.45, 7) is 1.35. The van der Waals surface area contributed by atoms with Crippen molar-refractivity contribution in [1.82, 2.24) is 0 Å². The van der Waals surface area contributed by atoms with E-state index in [1.807, 2.05) is 0 Å². The summed E-state index contributed by atoms with van der Waals surface area (Å²) in [7, 11) is 6.17. The van der Waals surface area contributed by atoms with Gasteiger partial charge in [-0.25, -0.2) is 0 Å². The molecule has 0 aromatic rings. The van der Waals surface area contributed by atoms with Crippen molar-refractivity contribution in [3.63, 3.8) is 0 Å². The summed E-state index contributed by atoms with van der Waals surface area (Å²) in [6.07, 6.45) is 0.459. The summed E-state index contributed by atoms with van der Waals surface area (Å²) in [6, 6.07) is 0. The Morgan fingerprint density at radius 1 is 1.25 bits per heavy atom. The Morgan fingerprint density at radius 3 is 1.92 bits per heavy atom. The Labute approximate surface area is 74.0 Å². The van der Waals surface area contributed by atoms with Crippen molar-refractivity contribution in [2.45, 2.75) is 12.5 Å². The predicted molar refractivity (Wildman–Crippen MR) is 49.8 cm³/mol. The maximum absolute atomic E-state index is 9.29. The molecular weight excluding hydrogens is 160 g/mol. The normalized spacial score (nSPS) is 12.8. The second kappa shape index (κ2) is 7.45. The van der Waals surface area contributed by atoms with Crippen LogP contribution in [-0.2, 0) is 0 Å². The molecule has 1 atom stereocenters. The molecule has 0 aliphatic carbocycles. The summed E-state index contributed by atoms with van der Waals surface area (Å²) >= 11 is 0. The predicted octanol–water partition coefficient (Wildman–Crippen LogP) is -2.25. The van der Waals surface area contributed by atoms with E-state index in [9.17, 15) is 5.11 Å². The third kappa shape index (κ3) is 12.5. The number of rotatable bonds is 4.